The van der Waals surface area contributed by atoms with Crippen molar-refractivity contribution in [2.75, 3.05) is 13.1 Å². The highest BCUT2D eigenvalue weighted by atomic mass is 16.1. The molecule has 0 radical (unpaired) electrons. The van der Waals surface area contributed by atoms with E-state index in [1.54, 1.807) is 6.20 Å². The lowest BCUT2D eigenvalue weighted by atomic mass is 10.1. The van der Waals surface area contributed by atoms with Gasteiger partial charge in [-0.15, -0.1) is 0 Å². The van der Waals surface area contributed by atoms with Crippen LogP contribution >= 0.6 is 0 Å². The van der Waals surface area contributed by atoms with Crippen molar-refractivity contribution >= 4 is 5.91 Å². The Bertz CT molecular complexity index is 335. The SMILES string of the molecule is O=C(NCC[C@@H]1CCCN1)c1cnccn1. The molecule has 1 saturated heterocycles. The van der Waals surface area contributed by atoms with E-state index in [1.807, 2.05) is 0 Å². The molecule has 5 heteroatoms. The molecule has 1 aromatic rings. The third-order valence-corrected chi connectivity index (χ3v) is 2.74. The lowest BCUT2D eigenvalue weighted by molar-refractivity contribution is 0.0947. The molecule has 1 aliphatic heterocycles. The fourth-order valence-corrected chi connectivity index (χ4v) is 1.87. The minimum atomic E-state index is -0.147. The fourth-order valence-electron chi connectivity index (χ4n) is 1.87. The van der Waals surface area contributed by atoms with Crippen LogP contribution in [0.1, 0.15) is 29.8 Å². The van der Waals surface area contributed by atoms with Gasteiger partial charge in [0.15, 0.2) is 0 Å². The molecule has 2 heterocycles. The summed E-state index contributed by atoms with van der Waals surface area (Å²) in [4.78, 5) is 19.4. The van der Waals surface area contributed by atoms with Crippen molar-refractivity contribution in [3.63, 3.8) is 0 Å². The number of rotatable bonds is 4. The highest BCUT2D eigenvalue weighted by Gasteiger charge is 2.14. The van der Waals surface area contributed by atoms with Crippen molar-refractivity contribution < 1.29 is 4.79 Å². The molecular weight excluding hydrogens is 204 g/mol. The Kier molecular flexibility index (Phi) is 3.82. The number of carbonyl (C=O) groups excluding carboxylic acids is 1. The molecule has 0 saturated carbocycles. The van der Waals surface area contributed by atoms with Crippen LogP contribution in [0.15, 0.2) is 18.6 Å². The minimum Gasteiger partial charge on any atom is -0.351 e. The Morgan fingerprint density at radius 3 is 3.19 bits per heavy atom. The van der Waals surface area contributed by atoms with Crippen LogP contribution in [0, 0.1) is 0 Å². The Morgan fingerprint density at radius 2 is 2.50 bits per heavy atom. The lowest BCUT2D eigenvalue weighted by Gasteiger charge is -2.10. The number of nitrogens with one attached hydrogen (secondary N) is 2. The van der Waals surface area contributed by atoms with E-state index in [4.69, 9.17) is 0 Å². The lowest BCUT2D eigenvalue weighted by Crippen LogP contribution is -2.31. The largest absolute Gasteiger partial charge is 0.351 e. The summed E-state index contributed by atoms with van der Waals surface area (Å²) in [5, 5.41) is 6.24. The molecule has 2 rings (SSSR count). The van der Waals surface area contributed by atoms with Gasteiger partial charge in [0.1, 0.15) is 5.69 Å². The van der Waals surface area contributed by atoms with Crippen LogP contribution in [0.25, 0.3) is 0 Å². The summed E-state index contributed by atoms with van der Waals surface area (Å²) in [5.74, 6) is -0.147. The van der Waals surface area contributed by atoms with Gasteiger partial charge in [0.05, 0.1) is 6.20 Å². The first-order valence-corrected chi connectivity index (χ1v) is 5.64. The number of amides is 1. The first-order chi connectivity index (χ1) is 7.86. The Balaban J connectivity index is 1.71. The van der Waals surface area contributed by atoms with Crippen molar-refractivity contribution in [2.24, 2.45) is 0 Å². The van der Waals surface area contributed by atoms with Crippen LogP contribution in [-0.2, 0) is 0 Å². The van der Waals surface area contributed by atoms with Crippen LogP contribution in [-0.4, -0.2) is 35.0 Å². The molecule has 1 aromatic heterocycles. The van der Waals surface area contributed by atoms with Crippen molar-refractivity contribution in [1.82, 2.24) is 20.6 Å². The Labute approximate surface area is 94.7 Å². The van der Waals surface area contributed by atoms with E-state index >= 15 is 0 Å². The molecule has 1 fully saturated rings. The first-order valence-electron chi connectivity index (χ1n) is 5.64. The average molecular weight is 220 g/mol. The molecule has 2 N–H and O–H groups in total. The van der Waals surface area contributed by atoms with Gasteiger partial charge < -0.3 is 10.6 Å². The average Bonchev–Trinajstić information content (AvgIpc) is 2.83. The van der Waals surface area contributed by atoms with Crippen LogP contribution in [0.3, 0.4) is 0 Å². The maximum atomic E-state index is 11.6. The van der Waals surface area contributed by atoms with Crippen molar-refractivity contribution in [2.45, 2.75) is 25.3 Å². The summed E-state index contributed by atoms with van der Waals surface area (Å²) < 4.78 is 0. The van der Waals surface area contributed by atoms with Crippen molar-refractivity contribution in [3.05, 3.63) is 24.3 Å². The van der Waals surface area contributed by atoms with Crippen molar-refractivity contribution in [3.8, 4) is 0 Å². The zero-order valence-electron chi connectivity index (χ0n) is 9.15. The number of hydrogen-bond acceptors (Lipinski definition) is 4. The second-order valence-corrected chi connectivity index (χ2v) is 3.93. The molecule has 5 nitrogen and oxygen atoms in total. The zero-order valence-corrected chi connectivity index (χ0v) is 9.15. The Morgan fingerprint density at radius 1 is 1.56 bits per heavy atom. The normalized spacial score (nSPS) is 19.6. The summed E-state index contributed by atoms with van der Waals surface area (Å²) in [6.07, 6.45) is 7.98. The van der Waals surface area contributed by atoms with Crippen LogP contribution in [0.4, 0.5) is 0 Å². The second kappa shape index (κ2) is 5.55. The van der Waals surface area contributed by atoms with Gasteiger partial charge in [-0.2, -0.15) is 0 Å². The summed E-state index contributed by atoms with van der Waals surface area (Å²) in [6.45, 7) is 1.79. The first kappa shape index (κ1) is 11.0. The highest BCUT2D eigenvalue weighted by molar-refractivity contribution is 5.91. The number of nitrogens with zero attached hydrogens (tertiary/aromatic N) is 2. The monoisotopic (exact) mass is 220 g/mol. The van der Waals surface area contributed by atoms with Gasteiger partial charge in [-0.05, 0) is 25.8 Å². The van der Waals surface area contributed by atoms with E-state index in [0.717, 1.165) is 13.0 Å². The van der Waals surface area contributed by atoms with Crippen molar-refractivity contribution in [1.29, 1.82) is 0 Å². The smallest absolute Gasteiger partial charge is 0.271 e. The van der Waals surface area contributed by atoms with Gasteiger partial charge in [-0.1, -0.05) is 0 Å². The predicted molar refractivity (Wildman–Crippen MR) is 60.0 cm³/mol. The van der Waals surface area contributed by atoms with E-state index in [0.29, 0.717) is 18.3 Å². The van der Waals surface area contributed by atoms with Crippen LogP contribution < -0.4 is 10.6 Å². The Hall–Kier alpha value is -1.49. The predicted octanol–water partition coefficient (Wildman–Crippen LogP) is 0.348. The van der Waals surface area contributed by atoms with Crippen LogP contribution in [0.2, 0.25) is 0 Å². The molecule has 1 atom stereocenters. The summed E-state index contributed by atoms with van der Waals surface area (Å²) in [5.41, 5.74) is 0.377. The third-order valence-electron chi connectivity index (χ3n) is 2.74. The van der Waals surface area contributed by atoms with Gasteiger partial charge in [-0.3, -0.25) is 9.78 Å². The topological polar surface area (TPSA) is 66.9 Å². The molecule has 0 bridgehead atoms. The number of carbonyl (C=O) groups is 1. The van der Waals surface area contributed by atoms with E-state index in [9.17, 15) is 4.79 Å². The summed E-state index contributed by atoms with van der Waals surface area (Å²) in [7, 11) is 0. The number of hydrogen-bond donors (Lipinski definition) is 2. The second-order valence-electron chi connectivity index (χ2n) is 3.93. The quantitative estimate of drug-likeness (QED) is 0.768. The maximum absolute atomic E-state index is 11.6. The van der Waals surface area contributed by atoms with Gasteiger partial charge in [0.2, 0.25) is 0 Å². The molecular formula is C11H16N4O. The molecule has 0 spiro atoms. The van der Waals surface area contributed by atoms with Gasteiger partial charge in [-0.25, -0.2) is 4.98 Å². The number of aromatic nitrogens is 2. The standard InChI is InChI=1S/C11H16N4O/c16-11(10-8-12-6-7-14-10)15-5-3-9-2-1-4-13-9/h6-9,13H,1-5H2,(H,15,16)/t9-/m0/s1. The molecule has 86 valence electrons. The molecule has 1 aliphatic rings. The molecule has 16 heavy (non-hydrogen) atoms. The van der Waals surface area contributed by atoms with E-state index in [1.165, 1.54) is 25.2 Å². The van der Waals surface area contributed by atoms with Gasteiger partial charge in [0.25, 0.3) is 5.91 Å². The maximum Gasteiger partial charge on any atom is 0.271 e. The minimum absolute atomic E-state index is 0.147. The van der Waals surface area contributed by atoms with Crippen LogP contribution in [0.5, 0.6) is 0 Å². The van der Waals surface area contributed by atoms with Gasteiger partial charge >= 0.3 is 0 Å². The third kappa shape index (κ3) is 3.00. The molecule has 0 unspecified atom stereocenters. The van der Waals surface area contributed by atoms with Gasteiger partial charge in [0, 0.05) is 25.0 Å². The van der Waals surface area contributed by atoms with E-state index in [-0.39, 0.29) is 5.91 Å². The summed E-state index contributed by atoms with van der Waals surface area (Å²) >= 11 is 0. The van der Waals surface area contributed by atoms with E-state index in [2.05, 4.69) is 20.6 Å². The molecule has 0 aliphatic carbocycles. The molecule has 0 aromatic carbocycles. The fraction of sp³-hybridized carbons (Fsp3) is 0.545. The van der Waals surface area contributed by atoms with E-state index < -0.39 is 0 Å². The molecule has 1 amide bonds. The highest BCUT2D eigenvalue weighted by Crippen LogP contribution is 2.07. The summed E-state index contributed by atoms with van der Waals surface area (Å²) in [6, 6.07) is 0.558. The zero-order chi connectivity index (χ0) is 11.2.